The van der Waals surface area contributed by atoms with E-state index in [9.17, 15) is 19.8 Å². The molecular formula is C19H17N3O5. The van der Waals surface area contributed by atoms with Gasteiger partial charge in [-0.15, -0.1) is 0 Å². The monoisotopic (exact) mass is 367 g/mol. The highest BCUT2D eigenvalue weighted by Crippen LogP contribution is 2.21. The number of nitrogens with zero attached hydrogens (tertiary/aromatic N) is 2. The van der Waals surface area contributed by atoms with Crippen LogP contribution >= 0.6 is 0 Å². The standard InChI is InChI=1S/C19H17N3O5/c1-2-27-15-8-6-13(7-9-15)22-18(25)16(17(24)21-19(22)26)11-20-12-4-3-5-14(23)10-12/h3-11,23,25H,2H2,1H3,(H,21,24,26). The van der Waals surface area contributed by atoms with E-state index in [0.29, 0.717) is 23.7 Å². The van der Waals surface area contributed by atoms with Crippen LogP contribution in [0.1, 0.15) is 12.5 Å². The molecule has 138 valence electrons. The number of phenols is 1. The third kappa shape index (κ3) is 3.90. The van der Waals surface area contributed by atoms with Gasteiger partial charge in [-0.3, -0.25) is 14.8 Å². The number of hydrogen-bond donors (Lipinski definition) is 3. The predicted molar refractivity (Wildman–Crippen MR) is 101 cm³/mol. The molecule has 0 aliphatic heterocycles. The quantitative estimate of drug-likeness (QED) is 0.597. The molecule has 0 fully saturated rings. The predicted octanol–water partition coefficient (Wildman–Crippen LogP) is 2.09. The Bertz CT molecular complexity index is 1100. The van der Waals surface area contributed by atoms with Crippen LogP contribution in [-0.2, 0) is 0 Å². The van der Waals surface area contributed by atoms with Gasteiger partial charge in [0.2, 0.25) is 5.88 Å². The Morgan fingerprint density at radius 1 is 1.15 bits per heavy atom. The third-order valence-electron chi connectivity index (χ3n) is 3.70. The molecule has 8 heteroatoms. The van der Waals surface area contributed by atoms with Gasteiger partial charge in [0.1, 0.15) is 17.1 Å². The van der Waals surface area contributed by atoms with Gasteiger partial charge in [0.05, 0.1) is 18.0 Å². The van der Waals surface area contributed by atoms with Crippen molar-refractivity contribution < 1.29 is 14.9 Å². The molecule has 0 aliphatic rings. The first-order valence-corrected chi connectivity index (χ1v) is 8.14. The van der Waals surface area contributed by atoms with Gasteiger partial charge in [0, 0.05) is 12.3 Å². The summed E-state index contributed by atoms with van der Waals surface area (Å²) in [6.07, 6.45) is 1.13. The number of benzene rings is 2. The summed E-state index contributed by atoms with van der Waals surface area (Å²) >= 11 is 0. The Morgan fingerprint density at radius 3 is 2.56 bits per heavy atom. The smallest absolute Gasteiger partial charge is 0.335 e. The van der Waals surface area contributed by atoms with Crippen molar-refractivity contribution >= 4 is 11.9 Å². The molecule has 8 nitrogen and oxygen atoms in total. The first kappa shape index (κ1) is 18.0. The number of ether oxygens (including phenoxy) is 1. The van der Waals surface area contributed by atoms with Gasteiger partial charge in [0.25, 0.3) is 5.56 Å². The van der Waals surface area contributed by atoms with E-state index < -0.39 is 17.1 Å². The first-order valence-electron chi connectivity index (χ1n) is 8.14. The lowest BCUT2D eigenvalue weighted by Crippen LogP contribution is -2.31. The molecule has 0 saturated heterocycles. The van der Waals surface area contributed by atoms with Crippen molar-refractivity contribution in [3.8, 4) is 23.1 Å². The van der Waals surface area contributed by atoms with Crippen molar-refractivity contribution in [2.45, 2.75) is 6.92 Å². The molecule has 1 heterocycles. The number of hydrogen-bond acceptors (Lipinski definition) is 6. The maximum Gasteiger partial charge on any atom is 0.335 e. The van der Waals surface area contributed by atoms with Gasteiger partial charge in [0.15, 0.2) is 0 Å². The van der Waals surface area contributed by atoms with E-state index >= 15 is 0 Å². The Morgan fingerprint density at radius 2 is 1.89 bits per heavy atom. The second kappa shape index (κ2) is 7.61. The fraction of sp³-hybridized carbons (Fsp3) is 0.105. The molecular weight excluding hydrogens is 350 g/mol. The van der Waals surface area contributed by atoms with Gasteiger partial charge in [-0.2, -0.15) is 0 Å². The SMILES string of the molecule is CCOc1ccc(-n2c(O)c(C=Nc3cccc(O)c3)c(=O)[nH]c2=O)cc1. The number of aromatic nitrogens is 2. The Hall–Kier alpha value is -3.81. The van der Waals surface area contributed by atoms with Crippen molar-refractivity contribution in [2.24, 2.45) is 4.99 Å². The number of aliphatic imine (C=N–C) groups is 1. The zero-order valence-corrected chi connectivity index (χ0v) is 14.4. The molecule has 1 aromatic heterocycles. The van der Waals surface area contributed by atoms with Crippen molar-refractivity contribution in [1.82, 2.24) is 9.55 Å². The van der Waals surface area contributed by atoms with Crippen LogP contribution in [0.15, 0.2) is 63.1 Å². The van der Waals surface area contributed by atoms with E-state index in [1.54, 1.807) is 36.4 Å². The van der Waals surface area contributed by atoms with Crippen LogP contribution in [0.5, 0.6) is 17.4 Å². The fourth-order valence-corrected chi connectivity index (χ4v) is 2.46. The second-order valence-electron chi connectivity index (χ2n) is 5.54. The van der Waals surface area contributed by atoms with E-state index in [0.717, 1.165) is 10.8 Å². The van der Waals surface area contributed by atoms with Gasteiger partial charge >= 0.3 is 5.69 Å². The first-order chi connectivity index (χ1) is 13.0. The molecule has 27 heavy (non-hydrogen) atoms. The summed E-state index contributed by atoms with van der Waals surface area (Å²) in [5.74, 6) is 0.0860. The molecule has 0 unspecified atom stereocenters. The zero-order chi connectivity index (χ0) is 19.4. The highest BCUT2D eigenvalue weighted by Gasteiger charge is 2.14. The zero-order valence-electron chi connectivity index (χ0n) is 14.4. The normalized spacial score (nSPS) is 11.0. The lowest BCUT2D eigenvalue weighted by molar-refractivity contribution is 0.340. The summed E-state index contributed by atoms with van der Waals surface area (Å²) in [5, 5.41) is 19.9. The second-order valence-corrected chi connectivity index (χ2v) is 5.54. The minimum absolute atomic E-state index is 0.0159. The van der Waals surface area contributed by atoms with Crippen molar-refractivity contribution in [1.29, 1.82) is 0 Å². The highest BCUT2D eigenvalue weighted by molar-refractivity contribution is 5.84. The molecule has 0 bridgehead atoms. The van der Waals surface area contributed by atoms with Crippen LogP contribution in [-0.4, -0.2) is 32.6 Å². The van der Waals surface area contributed by atoms with Gasteiger partial charge < -0.3 is 14.9 Å². The van der Waals surface area contributed by atoms with Crippen LogP contribution in [0.2, 0.25) is 0 Å². The molecule has 0 atom stereocenters. The van der Waals surface area contributed by atoms with Gasteiger partial charge in [-0.1, -0.05) is 6.07 Å². The van der Waals surface area contributed by atoms with E-state index in [1.165, 1.54) is 12.1 Å². The number of H-pyrrole nitrogens is 1. The van der Waals surface area contributed by atoms with E-state index in [4.69, 9.17) is 4.74 Å². The molecule has 0 aliphatic carbocycles. The topological polar surface area (TPSA) is 117 Å². The summed E-state index contributed by atoms with van der Waals surface area (Å²) in [6.45, 7) is 2.35. The van der Waals surface area contributed by atoms with Gasteiger partial charge in [-0.25, -0.2) is 9.36 Å². The van der Waals surface area contributed by atoms with E-state index in [1.807, 2.05) is 6.92 Å². The molecule has 0 spiro atoms. The number of aromatic amines is 1. The van der Waals surface area contributed by atoms with Crippen molar-refractivity contribution in [3.05, 3.63) is 74.9 Å². The lowest BCUT2D eigenvalue weighted by atomic mass is 10.2. The van der Waals surface area contributed by atoms with Crippen molar-refractivity contribution in [3.63, 3.8) is 0 Å². The minimum atomic E-state index is -0.781. The Labute approximate surface area is 153 Å². The largest absolute Gasteiger partial charge is 0.508 e. The molecule has 0 radical (unpaired) electrons. The number of nitrogens with one attached hydrogen (secondary N) is 1. The van der Waals surface area contributed by atoms with Crippen molar-refractivity contribution in [2.75, 3.05) is 6.61 Å². The lowest BCUT2D eigenvalue weighted by Gasteiger charge is -2.10. The molecule has 0 amide bonds. The summed E-state index contributed by atoms with van der Waals surface area (Å²) in [5.41, 5.74) is -1.01. The number of aromatic hydroxyl groups is 2. The maximum atomic E-state index is 12.2. The Kier molecular flexibility index (Phi) is 5.07. The van der Waals surface area contributed by atoms with Crippen LogP contribution < -0.4 is 16.0 Å². The minimum Gasteiger partial charge on any atom is -0.508 e. The summed E-state index contributed by atoms with van der Waals surface area (Å²) in [7, 11) is 0. The molecule has 3 N–H and O–H groups in total. The van der Waals surface area contributed by atoms with E-state index in [2.05, 4.69) is 9.98 Å². The van der Waals surface area contributed by atoms with Gasteiger partial charge in [-0.05, 0) is 43.3 Å². The van der Waals surface area contributed by atoms with Crippen LogP contribution in [0.25, 0.3) is 5.69 Å². The Balaban J connectivity index is 2.05. The maximum absolute atomic E-state index is 12.2. The number of phenolic OH excluding ortho intramolecular Hbond substituents is 1. The average Bonchev–Trinajstić information content (AvgIpc) is 2.63. The molecule has 0 saturated carbocycles. The highest BCUT2D eigenvalue weighted by atomic mass is 16.5. The van der Waals surface area contributed by atoms with Crippen LogP contribution in [0.3, 0.4) is 0 Å². The van der Waals surface area contributed by atoms with Crippen LogP contribution in [0, 0.1) is 0 Å². The fourth-order valence-electron chi connectivity index (χ4n) is 2.46. The molecule has 3 aromatic rings. The molecule has 2 aromatic carbocycles. The third-order valence-corrected chi connectivity index (χ3v) is 3.70. The van der Waals surface area contributed by atoms with E-state index in [-0.39, 0.29) is 11.3 Å². The molecule has 3 rings (SSSR count). The summed E-state index contributed by atoms with van der Waals surface area (Å²) in [4.78, 5) is 30.5. The summed E-state index contributed by atoms with van der Waals surface area (Å²) in [6, 6.07) is 12.5. The van der Waals surface area contributed by atoms with Crippen LogP contribution in [0.4, 0.5) is 5.69 Å². The average molecular weight is 367 g/mol. The number of rotatable bonds is 5. The summed E-state index contributed by atoms with van der Waals surface area (Å²) < 4.78 is 6.31.